The van der Waals surface area contributed by atoms with E-state index in [-0.39, 0.29) is 0 Å². The van der Waals surface area contributed by atoms with Gasteiger partial charge in [-0.05, 0) is 35.7 Å². The molecule has 2 aromatic rings. The molecule has 2 aromatic carbocycles. The Morgan fingerprint density at radius 1 is 1.10 bits per heavy atom. The monoisotopic (exact) mass is 319 g/mol. The summed E-state index contributed by atoms with van der Waals surface area (Å²) < 4.78 is 0. The van der Waals surface area contributed by atoms with E-state index < -0.39 is 0 Å². The molecule has 0 aromatic heterocycles. The van der Waals surface area contributed by atoms with Gasteiger partial charge in [-0.15, -0.1) is 11.8 Å². The van der Waals surface area contributed by atoms with Crippen LogP contribution in [0, 0.1) is 6.92 Å². The van der Waals surface area contributed by atoms with Gasteiger partial charge >= 0.3 is 0 Å². The first kappa shape index (κ1) is 16.4. The molecule has 3 heteroatoms. The molecule has 1 nitrogen and oxygen atoms in total. The predicted octanol–water partition coefficient (Wildman–Crippen LogP) is 5.44. The van der Waals surface area contributed by atoms with E-state index >= 15 is 0 Å². The Bertz CT molecular complexity index is 596. The summed E-state index contributed by atoms with van der Waals surface area (Å²) in [6.07, 6.45) is 0. The lowest BCUT2D eigenvalue weighted by Crippen LogP contribution is -2.21. The second kappa shape index (κ2) is 7.88. The first-order valence-corrected chi connectivity index (χ1v) is 8.61. The van der Waals surface area contributed by atoms with Gasteiger partial charge in [0.1, 0.15) is 0 Å². The zero-order chi connectivity index (χ0) is 15.2. The van der Waals surface area contributed by atoms with Crippen LogP contribution in [0.15, 0.2) is 47.4 Å². The Morgan fingerprint density at radius 3 is 2.52 bits per heavy atom. The van der Waals surface area contributed by atoms with Crippen LogP contribution >= 0.6 is 23.4 Å². The molecule has 0 aliphatic heterocycles. The summed E-state index contributed by atoms with van der Waals surface area (Å²) in [6, 6.07) is 15.3. The normalized spacial score (nSPS) is 11.1. The lowest BCUT2D eigenvalue weighted by molar-refractivity contribution is 0.589. The summed E-state index contributed by atoms with van der Waals surface area (Å²) in [6.45, 7) is 7.25. The quantitative estimate of drug-likeness (QED) is 0.712. The standard InChI is InChI=1S/C18H22ClNS/c1-13(2)20-11-15-8-9-17(10-18(15)19)21-12-16-7-5-4-6-14(16)3/h4-10,13,20H,11-12H2,1-3H3. The van der Waals surface area contributed by atoms with Gasteiger partial charge in [-0.3, -0.25) is 0 Å². The summed E-state index contributed by atoms with van der Waals surface area (Å²) in [4.78, 5) is 1.22. The number of thioether (sulfide) groups is 1. The molecule has 0 bridgehead atoms. The number of nitrogens with one attached hydrogen (secondary N) is 1. The molecule has 0 saturated carbocycles. The van der Waals surface area contributed by atoms with Crippen molar-refractivity contribution in [1.82, 2.24) is 5.32 Å². The fourth-order valence-corrected chi connectivity index (χ4v) is 3.33. The molecule has 0 spiro atoms. The van der Waals surface area contributed by atoms with Crippen LogP contribution in [0.25, 0.3) is 0 Å². The van der Waals surface area contributed by atoms with E-state index in [9.17, 15) is 0 Å². The summed E-state index contributed by atoms with van der Waals surface area (Å²) in [5.41, 5.74) is 3.88. The third-order valence-corrected chi connectivity index (χ3v) is 4.78. The molecule has 0 saturated heterocycles. The van der Waals surface area contributed by atoms with Crippen LogP contribution in [0.5, 0.6) is 0 Å². The van der Waals surface area contributed by atoms with Crippen LogP contribution < -0.4 is 5.32 Å². The molecule has 0 heterocycles. The molecule has 0 amide bonds. The molecule has 112 valence electrons. The van der Waals surface area contributed by atoms with Crippen LogP contribution in [0.3, 0.4) is 0 Å². The third-order valence-electron chi connectivity index (χ3n) is 3.38. The molecule has 0 unspecified atom stereocenters. The summed E-state index contributed by atoms with van der Waals surface area (Å²) in [5, 5.41) is 4.24. The van der Waals surface area contributed by atoms with E-state index in [1.165, 1.54) is 16.0 Å². The van der Waals surface area contributed by atoms with Gasteiger partial charge in [0, 0.05) is 28.3 Å². The molecule has 0 atom stereocenters. The second-order valence-corrected chi connectivity index (χ2v) is 6.96. The fraction of sp³-hybridized carbons (Fsp3) is 0.333. The SMILES string of the molecule is Cc1ccccc1CSc1ccc(CNC(C)C)c(Cl)c1. The Hall–Kier alpha value is -0.960. The maximum Gasteiger partial charge on any atom is 0.0462 e. The largest absolute Gasteiger partial charge is 0.310 e. The second-order valence-electron chi connectivity index (χ2n) is 5.50. The third kappa shape index (κ3) is 5.06. The van der Waals surface area contributed by atoms with Gasteiger partial charge in [-0.1, -0.05) is 55.8 Å². The van der Waals surface area contributed by atoms with Gasteiger partial charge < -0.3 is 5.32 Å². The lowest BCUT2D eigenvalue weighted by atomic mass is 10.1. The van der Waals surface area contributed by atoms with E-state index in [1.54, 1.807) is 0 Å². The first-order valence-electron chi connectivity index (χ1n) is 7.25. The van der Waals surface area contributed by atoms with Crippen molar-refractivity contribution in [3.8, 4) is 0 Å². The van der Waals surface area contributed by atoms with E-state index in [4.69, 9.17) is 11.6 Å². The van der Waals surface area contributed by atoms with E-state index in [1.807, 2.05) is 11.8 Å². The highest BCUT2D eigenvalue weighted by Gasteiger charge is 2.04. The average Bonchev–Trinajstić information content (AvgIpc) is 2.45. The van der Waals surface area contributed by atoms with Crippen molar-refractivity contribution in [2.75, 3.05) is 0 Å². The van der Waals surface area contributed by atoms with E-state index in [0.717, 1.165) is 22.9 Å². The Balaban J connectivity index is 1.99. The maximum atomic E-state index is 6.37. The van der Waals surface area contributed by atoms with Gasteiger partial charge in [-0.25, -0.2) is 0 Å². The van der Waals surface area contributed by atoms with Crippen molar-refractivity contribution < 1.29 is 0 Å². The van der Waals surface area contributed by atoms with Crippen molar-refractivity contribution in [3.63, 3.8) is 0 Å². The first-order chi connectivity index (χ1) is 10.1. The minimum absolute atomic E-state index is 0.469. The van der Waals surface area contributed by atoms with Crippen molar-refractivity contribution in [2.45, 2.75) is 44.0 Å². The minimum atomic E-state index is 0.469. The molecule has 0 radical (unpaired) electrons. The molecule has 0 aliphatic rings. The number of halogens is 1. The Kier molecular flexibility index (Phi) is 6.16. The van der Waals surface area contributed by atoms with Crippen LogP contribution in [0.1, 0.15) is 30.5 Å². The Labute approximate surface area is 137 Å². The molecule has 2 rings (SSSR count). The van der Waals surface area contributed by atoms with Crippen molar-refractivity contribution >= 4 is 23.4 Å². The molecule has 21 heavy (non-hydrogen) atoms. The van der Waals surface area contributed by atoms with Crippen LogP contribution in [-0.2, 0) is 12.3 Å². The minimum Gasteiger partial charge on any atom is -0.310 e. The van der Waals surface area contributed by atoms with Crippen molar-refractivity contribution in [2.24, 2.45) is 0 Å². The molecule has 1 N–H and O–H groups in total. The summed E-state index contributed by atoms with van der Waals surface area (Å²) in [5.74, 6) is 0.979. The van der Waals surface area contributed by atoms with Gasteiger partial charge in [0.15, 0.2) is 0 Å². The Morgan fingerprint density at radius 2 is 1.86 bits per heavy atom. The van der Waals surface area contributed by atoms with Crippen molar-refractivity contribution in [3.05, 3.63) is 64.2 Å². The zero-order valence-corrected chi connectivity index (χ0v) is 14.4. The number of benzene rings is 2. The van der Waals surface area contributed by atoms with Crippen LogP contribution in [0.2, 0.25) is 5.02 Å². The van der Waals surface area contributed by atoms with Crippen LogP contribution in [0.4, 0.5) is 0 Å². The maximum absolute atomic E-state index is 6.37. The smallest absolute Gasteiger partial charge is 0.0462 e. The van der Waals surface area contributed by atoms with Gasteiger partial charge in [0.2, 0.25) is 0 Å². The van der Waals surface area contributed by atoms with Gasteiger partial charge in [0.25, 0.3) is 0 Å². The van der Waals surface area contributed by atoms with Crippen LogP contribution in [-0.4, -0.2) is 6.04 Å². The fourth-order valence-electron chi connectivity index (χ4n) is 2.01. The zero-order valence-electron chi connectivity index (χ0n) is 12.8. The lowest BCUT2D eigenvalue weighted by Gasteiger charge is -2.11. The topological polar surface area (TPSA) is 12.0 Å². The number of rotatable bonds is 6. The highest BCUT2D eigenvalue weighted by molar-refractivity contribution is 7.98. The average molecular weight is 320 g/mol. The predicted molar refractivity (Wildman–Crippen MR) is 94.2 cm³/mol. The van der Waals surface area contributed by atoms with Crippen molar-refractivity contribution in [1.29, 1.82) is 0 Å². The highest BCUT2D eigenvalue weighted by atomic mass is 35.5. The number of hydrogen-bond acceptors (Lipinski definition) is 2. The van der Waals surface area contributed by atoms with E-state index in [0.29, 0.717) is 6.04 Å². The molecule has 0 aliphatic carbocycles. The molecular weight excluding hydrogens is 298 g/mol. The van der Waals surface area contributed by atoms with E-state index in [2.05, 4.69) is 68.6 Å². The summed E-state index contributed by atoms with van der Waals surface area (Å²) in [7, 11) is 0. The molecule has 0 fully saturated rings. The highest BCUT2D eigenvalue weighted by Crippen LogP contribution is 2.28. The van der Waals surface area contributed by atoms with Gasteiger partial charge in [0.05, 0.1) is 0 Å². The molecular formula is C18H22ClNS. The number of hydrogen-bond donors (Lipinski definition) is 1. The number of aryl methyl sites for hydroxylation is 1. The summed E-state index contributed by atoms with van der Waals surface area (Å²) >= 11 is 8.20. The van der Waals surface area contributed by atoms with Gasteiger partial charge in [-0.2, -0.15) is 0 Å².